The lowest BCUT2D eigenvalue weighted by molar-refractivity contribution is 0.461. The summed E-state index contributed by atoms with van der Waals surface area (Å²) in [7, 11) is 0. The van der Waals surface area contributed by atoms with Gasteiger partial charge in [0.25, 0.3) is 0 Å². The molecule has 0 spiro atoms. The van der Waals surface area contributed by atoms with Crippen molar-refractivity contribution in [2.75, 3.05) is 0 Å². The third-order valence-corrected chi connectivity index (χ3v) is 4.31. The fraction of sp³-hybridized carbons (Fsp3) is 0.455. The van der Waals surface area contributed by atoms with E-state index >= 15 is 0 Å². The topological polar surface area (TPSA) is 29.5 Å². The molecule has 2 heteroatoms. The van der Waals surface area contributed by atoms with Gasteiger partial charge in [0.05, 0.1) is 0 Å². The van der Waals surface area contributed by atoms with Gasteiger partial charge in [-0.15, -0.1) is 0 Å². The third-order valence-electron chi connectivity index (χ3n) is 4.31. The van der Waals surface area contributed by atoms with Gasteiger partial charge in [0, 0.05) is 0 Å². The Morgan fingerprint density at radius 3 is 2.12 bits per heavy atom. The van der Waals surface area contributed by atoms with Crippen LogP contribution in [0.3, 0.4) is 0 Å². The van der Waals surface area contributed by atoms with Gasteiger partial charge >= 0.3 is 0 Å². The van der Waals surface area contributed by atoms with Crippen LogP contribution in [0.2, 0.25) is 0 Å². The van der Waals surface area contributed by atoms with E-state index < -0.39 is 0 Å². The van der Waals surface area contributed by atoms with Crippen LogP contribution in [-0.2, 0) is 12.8 Å². The lowest BCUT2D eigenvalue weighted by Gasteiger charge is -2.13. The maximum atomic E-state index is 9.40. The van der Waals surface area contributed by atoms with Crippen molar-refractivity contribution in [3.05, 3.63) is 53.6 Å². The van der Waals surface area contributed by atoms with Crippen LogP contribution in [0.1, 0.15) is 63.5 Å². The highest BCUT2D eigenvalue weighted by Gasteiger charge is 2.07. The second-order valence-corrected chi connectivity index (χ2v) is 6.45. The first-order valence-electron chi connectivity index (χ1n) is 9.31. The smallest absolute Gasteiger partial charge is 0.130 e. The standard InChI is InChI=1S/C22H30O2/c1-3-5-7-9-18-11-16-22(19(17-18)10-8-6-4-2)24-21-14-12-20(23)13-15-21/h11-17,23H,3-10H2,1-2H3. The molecule has 0 aliphatic rings. The molecule has 0 aliphatic carbocycles. The Labute approximate surface area is 146 Å². The summed E-state index contributed by atoms with van der Waals surface area (Å²) in [5.74, 6) is 1.97. The summed E-state index contributed by atoms with van der Waals surface area (Å²) in [6.07, 6.45) is 9.67. The summed E-state index contributed by atoms with van der Waals surface area (Å²) < 4.78 is 6.06. The molecular weight excluding hydrogens is 296 g/mol. The largest absolute Gasteiger partial charge is 0.508 e. The van der Waals surface area contributed by atoms with Gasteiger partial charge in [-0.2, -0.15) is 0 Å². The predicted octanol–water partition coefficient (Wildman–Crippen LogP) is 6.65. The molecule has 0 unspecified atom stereocenters. The van der Waals surface area contributed by atoms with Gasteiger partial charge < -0.3 is 9.84 Å². The summed E-state index contributed by atoms with van der Waals surface area (Å²) in [5.41, 5.74) is 2.71. The average Bonchev–Trinajstić information content (AvgIpc) is 2.59. The number of phenolic OH excluding ortho intramolecular Hbond substituents is 1. The molecule has 0 heterocycles. The van der Waals surface area contributed by atoms with Crippen LogP contribution in [0.25, 0.3) is 0 Å². The van der Waals surface area contributed by atoms with Crippen molar-refractivity contribution >= 4 is 0 Å². The number of aromatic hydroxyl groups is 1. The molecule has 0 fully saturated rings. The quantitative estimate of drug-likeness (QED) is 0.495. The first kappa shape index (κ1) is 18.4. The first-order chi connectivity index (χ1) is 11.7. The van der Waals surface area contributed by atoms with Gasteiger partial charge in [0.15, 0.2) is 0 Å². The third kappa shape index (κ3) is 5.92. The minimum absolute atomic E-state index is 0.261. The summed E-state index contributed by atoms with van der Waals surface area (Å²) in [4.78, 5) is 0. The number of aryl methyl sites for hydroxylation is 2. The second kappa shape index (κ2) is 10.0. The summed E-state index contributed by atoms with van der Waals surface area (Å²) in [6, 6.07) is 13.5. The van der Waals surface area contributed by atoms with E-state index in [4.69, 9.17) is 4.74 Å². The van der Waals surface area contributed by atoms with Crippen LogP contribution in [0.4, 0.5) is 0 Å². The molecule has 0 atom stereocenters. The fourth-order valence-electron chi connectivity index (χ4n) is 2.87. The Balaban J connectivity index is 2.12. The normalized spacial score (nSPS) is 10.8. The number of hydrogen-bond acceptors (Lipinski definition) is 2. The molecule has 2 aromatic carbocycles. The number of phenols is 1. The Morgan fingerprint density at radius 1 is 0.792 bits per heavy atom. The van der Waals surface area contributed by atoms with E-state index in [1.807, 2.05) is 0 Å². The van der Waals surface area contributed by atoms with Crippen LogP contribution < -0.4 is 4.74 Å². The van der Waals surface area contributed by atoms with E-state index in [1.54, 1.807) is 24.3 Å². The Hall–Kier alpha value is -1.96. The van der Waals surface area contributed by atoms with Crippen molar-refractivity contribution in [1.82, 2.24) is 0 Å². The number of rotatable bonds is 10. The Morgan fingerprint density at radius 2 is 1.46 bits per heavy atom. The van der Waals surface area contributed by atoms with E-state index in [9.17, 15) is 5.11 Å². The molecule has 2 nitrogen and oxygen atoms in total. The maximum absolute atomic E-state index is 9.40. The van der Waals surface area contributed by atoms with Gasteiger partial charge in [-0.05, 0) is 67.1 Å². The van der Waals surface area contributed by atoms with Crippen molar-refractivity contribution in [3.8, 4) is 17.2 Å². The van der Waals surface area contributed by atoms with Crippen molar-refractivity contribution in [3.63, 3.8) is 0 Å². The molecule has 2 rings (SSSR count). The SMILES string of the molecule is CCCCCc1ccc(Oc2ccc(O)cc2)c(CCCCC)c1. The predicted molar refractivity (Wildman–Crippen MR) is 101 cm³/mol. The van der Waals surface area contributed by atoms with Crippen molar-refractivity contribution in [2.24, 2.45) is 0 Å². The molecule has 24 heavy (non-hydrogen) atoms. The van der Waals surface area contributed by atoms with Gasteiger partial charge in [-0.1, -0.05) is 51.7 Å². The summed E-state index contributed by atoms with van der Waals surface area (Å²) in [5, 5.41) is 9.40. The molecule has 0 aliphatic heterocycles. The van der Waals surface area contributed by atoms with Gasteiger partial charge in [0.2, 0.25) is 0 Å². The fourth-order valence-corrected chi connectivity index (χ4v) is 2.87. The highest BCUT2D eigenvalue weighted by atomic mass is 16.5. The molecule has 2 aromatic rings. The Kier molecular flexibility index (Phi) is 7.67. The summed E-state index contributed by atoms with van der Waals surface area (Å²) in [6.45, 7) is 4.47. The second-order valence-electron chi connectivity index (χ2n) is 6.45. The monoisotopic (exact) mass is 326 g/mol. The lowest BCUT2D eigenvalue weighted by atomic mass is 10.00. The molecule has 0 bridgehead atoms. The van der Waals surface area contributed by atoms with Crippen LogP contribution >= 0.6 is 0 Å². The van der Waals surface area contributed by atoms with E-state index in [2.05, 4.69) is 32.0 Å². The minimum atomic E-state index is 0.261. The average molecular weight is 326 g/mol. The van der Waals surface area contributed by atoms with E-state index in [1.165, 1.54) is 49.7 Å². The molecule has 0 saturated carbocycles. The zero-order valence-electron chi connectivity index (χ0n) is 15.1. The van der Waals surface area contributed by atoms with Crippen molar-refractivity contribution in [1.29, 1.82) is 0 Å². The molecular formula is C22H30O2. The van der Waals surface area contributed by atoms with Crippen LogP contribution in [0.5, 0.6) is 17.2 Å². The number of ether oxygens (including phenoxy) is 1. The maximum Gasteiger partial charge on any atom is 0.130 e. The van der Waals surface area contributed by atoms with Crippen LogP contribution in [0.15, 0.2) is 42.5 Å². The zero-order valence-corrected chi connectivity index (χ0v) is 15.1. The Bertz CT molecular complexity index is 602. The van der Waals surface area contributed by atoms with E-state index in [0.717, 1.165) is 24.3 Å². The zero-order chi connectivity index (χ0) is 17.2. The van der Waals surface area contributed by atoms with Crippen LogP contribution in [-0.4, -0.2) is 5.11 Å². The minimum Gasteiger partial charge on any atom is -0.508 e. The molecule has 130 valence electrons. The highest BCUT2D eigenvalue weighted by molar-refractivity contribution is 5.41. The summed E-state index contributed by atoms with van der Waals surface area (Å²) >= 11 is 0. The lowest BCUT2D eigenvalue weighted by Crippen LogP contribution is -1.96. The molecule has 0 radical (unpaired) electrons. The van der Waals surface area contributed by atoms with Crippen molar-refractivity contribution in [2.45, 2.75) is 65.2 Å². The molecule has 0 saturated heterocycles. The van der Waals surface area contributed by atoms with E-state index in [0.29, 0.717) is 0 Å². The van der Waals surface area contributed by atoms with Crippen molar-refractivity contribution < 1.29 is 9.84 Å². The molecule has 0 amide bonds. The van der Waals surface area contributed by atoms with Crippen LogP contribution in [0, 0.1) is 0 Å². The number of hydrogen-bond donors (Lipinski definition) is 1. The van der Waals surface area contributed by atoms with Gasteiger partial charge in [-0.25, -0.2) is 0 Å². The molecule has 0 aromatic heterocycles. The van der Waals surface area contributed by atoms with Gasteiger partial charge in [0.1, 0.15) is 17.2 Å². The number of unbranched alkanes of at least 4 members (excludes halogenated alkanes) is 4. The first-order valence-corrected chi connectivity index (χ1v) is 9.31. The number of benzene rings is 2. The highest BCUT2D eigenvalue weighted by Crippen LogP contribution is 2.29. The van der Waals surface area contributed by atoms with Gasteiger partial charge in [-0.3, -0.25) is 0 Å². The molecule has 1 N–H and O–H groups in total. The van der Waals surface area contributed by atoms with E-state index in [-0.39, 0.29) is 5.75 Å².